The van der Waals surface area contributed by atoms with Crippen LogP contribution in [0.15, 0.2) is 6.20 Å². The van der Waals surface area contributed by atoms with Crippen LogP contribution in [0.1, 0.15) is 31.0 Å². The van der Waals surface area contributed by atoms with Crippen LogP contribution in [-0.2, 0) is 6.54 Å². The van der Waals surface area contributed by atoms with Gasteiger partial charge in [-0.2, -0.15) is 16.9 Å². The number of hydrogen-bond acceptors (Lipinski definition) is 4. The third-order valence-corrected chi connectivity index (χ3v) is 5.52. The van der Waals surface area contributed by atoms with E-state index in [2.05, 4.69) is 45.9 Å². The number of aromatic nitrogens is 2. The fourth-order valence-electron chi connectivity index (χ4n) is 2.87. The normalized spacial score (nSPS) is 18.3. The van der Waals surface area contributed by atoms with E-state index < -0.39 is 0 Å². The molecular formula is C15H27ClN4S. The molecular weight excluding hydrogens is 304 g/mol. The zero-order valence-electron chi connectivity index (χ0n) is 13.3. The molecule has 0 bridgehead atoms. The van der Waals surface area contributed by atoms with E-state index in [1.165, 1.54) is 24.3 Å². The van der Waals surface area contributed by atoms with E-state index in [4.69, 9.17) is 11.6 Å². The van der Waals surface area contributed by atoms with Crippen LogP contribution in [0.2, 0.25) is 5.02 Å². The molecule has 1 atom stereocenters. The first-order valence-corrected chi connectivity index (χ1v) is 9.26. The summed E-state index contributed by atoms with van der Waals surface area (Å²) in [6, 6.07) is 0.301. The zero-order valence-corrected chi connectivity index (χ0v) is 14.9. The molecule has 0 amide bonds. The van der Waals surface area contributed by atoms with Crippen molar-refractivity contribution in [3.63, 3.8) is 0 Å². The lowest BCUT2D eigenvalue weighted by molar-refractivity contribution is 0.343. The maximum absolute atomic E-state index is 6.41. The summed E-state index contributed by atoms with van der Waals surface area (Å²) in [5.74, 6) is 3.40. The molecule has 1 aliphatic rings. The second-order valence-electron chi connectivity index (χ2n) is 6.04. The summed E-state index contributed by atoms with van der Waals surface area (Å²) in [5, 5.41) is 8.71. The summed E-state index contributed by atoms with van der Waals surface area (Å²) in [7, 11) is 6.20. The van der Waals surface area contributed by atoms with Gasteiger partial charge in [-0.15, -0.1) is 0 Å². The zero-order chi connectivity index (χ0) is 15.2. The Hall–Kier alpha value is -0.230. The number of nitrogens with one attached hydrogen (secondary N) is 1. The van der Waals surface area contributed by atoms with Crippen molar-refractivity contribution in [3.8, 4) is 0 Å². The van der Waals surface area contributed by atoms with Gasteiger partial charge >= 0.3 is 0 Å². The molecule has 6 heteroatoms. The molecule has 0 saturated carbocycles. The summed E-state index contributed by atoms with van der Waals surface area (Å²) in [6.07, 6.45) is 5.59. The van der Waals surface area contributed by atoms with Crippen LogP contribution >= 0.6 is 23.4 Å². The molecule has 1 aromatic rings. The van der Waals surface area contributed by atoms with Crippen molar-refractivity contribution in [3.05, 3.63) is 16.9 Å². The average molecular weight is 331 g/mol. The summed E-state index contributed by atoms with van der Waals surface area (Å²) in [4.78, 5) is 2.17. The van der Waals surface area contributed by atoms with Gasteiger partial charge in [-0.1, -0.05) is 11.6 Å². The van der Waals surface area contributed by atoms with Gasteiger partial charge in [0, 0.05) is 6.54 Å². The van der Waals surface area contributed by atoms with Crippen molar-refractivity contribution < 1.29 is 0 Å². The molecule has 1 aromatic heterocycles. The predicted molar refractivity (Wildman–Crippen MR) is 92.3 cm³/mol. The monoisotopic (exact) mass is 330 g/mol. The number of hydrogen-bond donors (Lipinski definition) is 1. The smallest absolute Gasteiger partial charge is 0.0834 e. The fourth-order valence-corrected chi connectivity index (χ4v) is 4.35. The number of halogens is 1. The third kappa shape index (κ3) is 4.88. The maximum atomic E-state index is 6.41. The Labute approximate surface area is 137 Å². The van der Waals surface area contributed by atoms with Crippen LogP contribution in [0.5, 0.6) is 0 Å². The van der Waals surface area contributed by atoms with Crippen LogP contribution in [-0.4, -0.2) is 53.9 Å². The molecule has 1 fully saturated rings. The van der Waals surface area contributed by atoms with Gasteiger partial charge in [0.05, 0.1) is 29.5 Å². The fraction of sp³-hybridized carbons (Fsp3) is 0.800. The Morgan fingerprint density at radius 2 is 2.19 bits per heavy atom. The Bertz CT molecular complexity index is 429. The van der Waals surface area contributed by atoms with Gasteiger partial charge in [0.2, 0.25) is 0 Å². The van der Waals surface area contributed by atoms with Crippen molar-refractivity contribution in [1.29, 1.82) is 0 Å². The van der Waals surface area contributed by atoms with Gasteiger partial charge < -0.3 is 10.2 Å². The van der Waals surface area contributed by atoms with Crippen molar-refractivity contribution in [1.82, 2.24) is 20.0 Å². The van der Waals surface area contributed by atoms with Crippen LogP contribution in [0, 0.1) is 5.92 Å². The molecule has 0 radical (unpaired) electrons. The number of thioether (sulfide) groups is 1. The lowest BCUT2D eigenvalue weighted by Crippen LogP contribution is -2.27. The Morgan fingerprint density at radius 1 is 1.48 bits per heavy atom. The van der Waals surface area contributed by atoms with Crippen molar-refractivity contribution >= 4 is 23.4 Å². The molecule has 1 N–H and O–H groups in total. The maximum Gasteiger partial charge on any atom is 0.0834 e. The molecule has 1 aliphatic heterocycles. The highest BCUT2D eigenvalue weighted by atomic mass is 35.5. The molecule has 120 valence electrons. The number of nitrogens with zero attached hydrogens (tertiary/aromatic N) is 3. The second kappa shape index (κ2) is 8.42. The molecule has 0 aromatic carbocycles. The minimum absolute atomic E-state index is 0.301. The van der Waals surface area contributed by atoms with Crippen molar-refractivity contribution in [2.24, 2.45) is 5.92 Å². The first-order valence-electron chi connectivity index (χ1n) is 7.72. The van der Waals surface area contributed by atoms with Gasteiger partial charge in [-0.05, 0) is 57.8 Å². The third-order valence-electron chi connectivity index (χ3n) is 4.18. The first-order chi connectivity index (χ1) is 10.1. The Balaban J connectivity index is 2.07. The molecule has 21 heavy (non-hydrogen) atoms. The van der Waals surface area contributed by atoms with Gasteiger partial charge in [0.25, 0.3) is 0 Å². The summed E-state index contributed by atoms with van der Waals surface area (Å²) >= 11 is 8.49. The highest BCUT2D eigenvalue weighted by Crippen LogP contribution is 2.33. The van der Waals surface area contributed by atoms with Crippen LogP contribution in [0.4, 0.5) is 0 Å². The molecule has 0 aliphatic carbocycles. The van der Waals surface area contributed by atoms with E-state index in [9.17, 15) is 0 Å². The van der Waals surface area contributed by atoms with Crippen LogP contribution in [0.3, 0.4) is 0 Å². The molecule has 0 spiro atoms. The van der Waals surface area contributed by atoms with E-state index in [1.54, 1.807) is 6.20 Å². The van der Waals surface area contributed by atoms with Gasteiger partial charge in [-0.25, -0.2) is 0 Å². The standard InChI is InChI=1S/C15H27ClN4S/c1-17-14(10-12-4-8-21-9-5-12)15-13(16)11-18-20(15)7-6-19(2)3/h11-12,14,17H,4-10H2,1-3H3. The van der Waals surface area contributed by atoms with Crippen LogP contribution in [0.25, 0.3) is 0 Å². The molecule has 2 heterocycles. The summed E-state index contributed by atoms with van der Waals surface area (Å²) < 4.78 is 2.07. The molecule has 2 rings (SSSR count). The molecule has 1 saturated heterocycles. The topological polar surface area (TPSA) is 33.1 Å². The lowest BCUT2D eigenvalue weighted by atomic mass is 9.93. The van der Waals surface area contributed by atoms with Crippen molar-refractivity contribution in [2.75, 3.05) is 39.2 Å². The average Bonchev–Trinajstić information content (AvgIpc) is 2.85. The van der Waals surface area contributed by atoms with Gasteiger partial charge in [0.1, 0.15) is 0 Å². The lowest BCUT2D eigenvalue weighted by Gasteiger charge is -2.27. The number of rotatable bonds is 7. The minimum Gasteiger partial charge on any atom is -0.312 e. The van der Waals surface area contributed by atoms with Gasteiger partial charge in [0.15, 0.2) is 0 Å². The van der Waals surface area contributed by atoms with E-state index in [1.807, 2.05) is 7.05 Å². The van der Waals surface area contributed by atoms with E-state index in [0.29, 0.717) is 6.04 Å². The van der Waals surface area contributed by atoms with Gasteiger partial charge in [-0.3, -0.25) is 4.68 Å². The predicted octanol–water partition coefficient (Wildman–Crippen LogP) is 2.89. The molecule has 1 unspecified atom stereocenters. The Morgan fingerprint density at radius 3 is 2.81 bits per heavy atom. The summed E-state index contributed by atoms with van der Waals surface area (Å²) in [5.41, 5.74) is 1.15. The molecule has 4 nitrogen and oxygen atoms in total. The Kier molecular flexibility index (Phi) is 6.86. The van der Waals surface area contributed by atoms with Crippen LogP contribution < -0.4 is 5.32 Å². The quantitative estimate of drug-likeness (QED) is 0.833. The van der Waals surface area contributed by atoms with E-state index >= 15 is 0 Å². The first kappa shape index (κ1) is 17.1. The SMILES string of the molecule is CNC(CC1CCSCC1)c1c(Cl)cnn1CCN(C)C. The van der Waals surface area contributed by atoms with E-state index in [0.717, 1.165) is 36.1 Å². The largest absolute Gasteiger partial charge is 0.312 e. The minimum atomic E-state index is 0.301. The second-order valence-corrected chi connectivity index (χ2v) is 7.67. The van der Waals surface area contributed by atoms with Crippen molar-refractivity contribution in [2.45, 2.75) is 31.8 Å². The summed E-state index contributed by atoms with van der Waals surface area (Å²) in [6.45, 7) is 1.86. The number of likely N-dealkylation sites (N-methyl/N-ethyl adjacent to an activating group) is 1. The highest BCUT2D eigenvalue weighted by Gasteiger charge is 2.24. The highest BCUT2D eigenvalue weighted by molar-refractivity contribution is 7.99. The van der Waals surface area contributed by atoms with E-state index in [-0.39, 0.29) is 0 Å².